The molecule has 2 aromatic carbocycles. The van der Waals surface area contributed by atoms with Gasteiger partial charge in [-0.3, -0.25) is 0 Å². The molecule has 0 saturated heterocycles. The molecule has 0 radical (unpaired) electrons. The van der Waals surface area contributed by atoms with Crippen LogP contribution in [0.15, 0.2) is 48.0 Å². The third-order valence-electron chi connectivity index (χ3n) is 6.18. The van der Waals surface area contributed by atoms with E-state index in [2.05, 4.69) is 56.0 Å². The molecule has 0 atom stereocenters. The van der Waals surface area contributed by atoms with E-state index in [9.17, 15) is 4.79 Å². The number of anilines is 1. The van der Waals surface area contributed by atoms with Gasteiger partial charge in [0.05, 0.1) is 13.7 Å². The van der Waals surface area contributed by atoms with E-state index in [1.807, 2.05) is 18.2 Å². The zero-order chi connectivity index (χ0) is 25.0. The van der Waals surface area contributed by atoms with Crippen molar-refractivity contribution in [1.82, 2.24) is 0 Å². The van der Waals surface area contributed by atoms with Gasteiger partial charge in [0, 0.05) is 31.0 Å². The summed E-state index contributed by atoms with van der Waals surface area (Å²) >= 11 is 0. The summed E-state index contributed by atoms with van der Waals surface area (Å²) in [6, 6.07) is 14.7. The summed E-state index contributed by atoms with van der Waals surface area (Å²) in [5, 5.41) is 0. The highest BCUT2D eigenvalue weighted by Gasteiger charge is 2.18. The van der Waals surface area contributed by atoms with Crippen LogP contribution < -0.4 is 9.64 Å². The summed E-state index contributed by atoms with van der Waals surface area (Å²) in [7, 11) is 1.46. The van der Waals surface area contributed by atoms with Gasteiger partial charge in [0.2, 0.25) is 0 Å². The van der Waals surface area contributed by atoms with Crippen molar-refractivity contribution in [2.45, 2.75) is 52.9 Å². The lowest BCUT2D eigenvalue weighted by atomic mass is 9.99. The molecule has 0 amide bonds. The number of nitrogens with zero attached hydrogens (tertiary/aromatic N) is 1. The van der Waals surface area contributed by atoms with Crippen molar-refractivity contribution in [1.29, 1.82) is 0 Å². The van der Waals surface area contributed by atoms with E-state index < -0.39 is 0 Å². The first-order valence-corrected chi connectivity index (χ1v) is 13.0. The second-order valence-corrected chi connectivity index (χ2v) is 9.57. The molecule has 5 heteroatoms. The van der Waals surface area contributed by atoms with Gasteiger partial charge in [-0.1, -0.05) is 45.4 Å². The molecule has 0 fully saturated rings. The Morgan fingerprint density at radius 1 is 1.00 bits per heavy atom. The quantitative estimate of drug-likeness (QED) is 0.263. The maximum Gasteiger partial charge on any atom is 0.333 e. The van der Waals surface area contributed by atoms with Crippen LogP contribution in [0, 0.1) is 5.92 Å². The number of hydrogen-bond acceptors (Lipinski definition) is 5. The highest BCUT2D eigenvalue weighted by atomic mass is 16.5. The average molecular weight is 480 g/mol. The van der Waals surface area contributed by atoms with Gasteiger partial charge in [-0.25, -0.2) is 4.79 Å². The van der Waals surface area contributed by atoms with Crippen LogP contribution in [0.5, 0.6) is 5.75 Å². The Morgan fingerprint density at radius 2 is 1.77 bits per heavy atom. The average Bonchev–Trinajstić information content (AvgIpc) is 2.94. The number of ether oxygens (including phenoxy) is 3. The zero-order valence-corrected chi connectivity index (χ0v) is 21.8. The van der Waals surface area contributed by atoms with Crippen LogP contribution in [0.4, 0.5) is 5.69 Å². The molecule has 2 aromatic rings. The summed E-state index contributed by atoms with van der Waals surface area (Å²) in [6.07, 6.45) is 7.01. The minimum absolute atomic E-state index is 0.237. The van der Waals surface area contributed by atoms with Crippen LogP contribution in [-0.4, -0.2) is 46.0 Å². The summed E-state index contributed by atoms with van der Waals surface area (Å²) in [6.45, 7) is 10.6. The second kappa shape index (κ2) is 13.9. The van der Waals surface area contributed by atoms with E-state index in [0.717, 1.165) is 79.8 Å². The minimum atomic E-state index is -0.237. The van der Waals surface area contributed by atoms with Crippen LogP contribution in [0.1, 0.15) is 58.4 Å². The molecular formula is C30H41NO4. The molecule has 0 saturated carbocycles. The van der Waals surface area contributed by atoms with Crippen molar-refractivity contribution < 1.29 is 19.0 Å². The molecule has 5 nitrogen and oxygen atoms in total. The van der Waals surface area contributed by atoms with Crippen molar-refractivity contribution >= 4 is 17.7 Å². The van der Waals surface area contributed by atoms with Gasteiger partial charge in [-0.05, 0) is 78.6 Å². The summed E-state index contributed by atoms with van der Waals surface area (Å²) in [5.74, 6) is 1.15. The van der Waals surface area contributed by atoms with E-state index in [1.165, 1.54) is 12.8 Å². The molecule has 1 aliphatic heterocycles. The van der Waals surface area contributed by atoms with Gasteiger partial charge < -0.3 is 19.1 Å². The first kappa shape index (κ1) is 26.8. The maximum atomic E-state index is 12.4. The van der Waals surface area contributed by atoms with Crippen molar-refractivity contribution in [2.75, 3.05) is 44.9 Å². The normalized spacial score (nSPS) is 15.5. The number of methoxy groups -OCH3 is 1. The Balaban J connectivity index is 1.82. The van der Waals surface area contributed by atoms with Crippen molar-refractivity contribution in [3.63, 3.8) is 0 Å². The molecule has 0 bridgehead atoms. The molecular weight excluding hydrogens is 438 g/mol. The monoisotopic (exact) mass is 479 g/mol. The van der Waals surface area contributed by atoms with Crippen molar-refractivity contribution in [2.24, 2.45) is 5.92 Å². The topological polar surface area (TPSA) is 48.0 Å². The van der Waals surface area contributed by atoms with E-state index in [-0.39, 0.29) is 5.97 Å². The first-order chi connectivity index (χ1) is 17.0. The lowest BCUT2D eigenvalue weighted by Gasteiger charge is -2.28. The molecule has 35 heavy (non-hydrogen) atoms. The number of fused-ring (bicyclic) bond motifs is 1. The van der Waals surface area contributed by atoms with E-state index in [4.69, 9.17) is 14.2 Å². The van der Waals surface area contributed by atoms with Gasteiger partial charge in [-0.2, -0.15) is 0 Å². The minimum Gasteiger partial charge on any atom is -0.491 e. The van der Waals surface area contributed by atoms with Crippen LogP contribution in [0.25, 0.3) is 17.2 Å². The van der Waals surface area contributed by atoms with Crippen molar-refractivity contribution in [3.05, 3.63) is 53.6 Å². The smallest absolute Gasteiger partial charge is 0.333 e. The number of carbonyl (C=O) groups is 1. The number of benzene rings is 2. The van der Waals surface area contributed by atoms with Gasteiger partial charge in [0.15, 0.2) is 0 Å². The number of unbranched alkanes of at least 4 members (excludes halogenated alkanes) is 1. The molecule has 0 aromatic heterocycles. The Morgan fingerprint density at radius 3 is 2.49 bits per heavy atom. The van der Waals surface area contributed by atoms with Gasteiger partial charge in [0.25, 0.3) is 0 Å². The SMILES string of the molecule is CCCCOCCOc1ccc(-c2ccc3c(c2)/C=C(/C(=O)OC)CCCCN3CC(C)C)cc1. The predicted molar refractivity (Wildman–Crippen MR) is 144 cm³/mol. The molecule has 1 heterocycles. The van der Waals surface area contributed by atoms with Crippen LogP contribution in [0.3, 0.4) is 0 Å². The Labute approximate surface area is 211 Å². The molecule has 0 aliphatic carbocycles. The Bertz CT molecular complexity index is 965. The second-order valence-electron chi connectivity index (χ2n) is 9.57. The summed E-state index contributed by atoms with van der Waals surface area (Å²) < 4.78 is 16.5. The fourth-order valence-electron chi connectivity index (χ4n) is 4.37. The van der Waals surface area contributed by atoms with Gasteiger partial charge in [-0.15, -0.1) is 0 Å². The fraction of sp³-hybridized carbons (Fsp3) is 0.500. The summed E-state index contributed by atoms with van der Waals surface area (Å²) in [5.41, 5.74) is 5.20. The molecule has 1 aliphatic rings. The Kier molecular flexibility index (Phi) is 10.7. The highest BCUT2D eigenvalue weighted by molar-refractivity contribution is 5.95. The lowest BCUT2D eigenvalue weighted by Crippen LogP contribution is -2.29. The lowest BCUT2D eigenvalue weighted by molar-refractivity contribution is -0.136. The number of esters is 1. The largest absolute Gasteiger partial charge is 0.491 e. The van der Waals surface area contributed by atoms with Crippen LogP contribution in [-0.2, 0) is 14.3 Å². The van der Waals surface area contributed by atoms with Gasteiger partial charge >= 0.3 is 5.97 Å². The standard InChI is InChI=1S/C30H41NO4/c1-5-6-17-34-18-19-35-28-13-10-24(11-14-28)25-12-15-29-27(20-25)21-26(30(32)33-4)9-7-8-16-31(29)22-23(2)3/h10-15,20-21,23H,5-9,16-19,22H2,1-4H3/b26-21+. The molecule has 0 unspecified atom stereocenters. The highest BCUT2D eigenvalue weighted by Crippen LogP contribution is 2.33. The molecule has 0 spiro atoms. The maximum absolute atomic E-state index is 12.4. The number of carbonyl (C=O) groups excluding carboxylic acids is 1. The number of hydrogen-bond donors (Lipinski definition) is 0. The molecule has 190 valence electrons. The third-order valence-corrected chi connectivity index (χ3v) is 6.18. The van der Waals surface area contributed by atoms with E-state index in [1.54, 1.807) is 0 Å². The Hall–Kier alpha value is -2.79. The predicted octanol–water partition coefficient (Wildman–Crippen LogP) is 6.75. The number of rotatable bonds is 11. The summed E-state index contributed by atoms with van der Waals surface area (Å²) in [4.78, 5) is 14.9. The van der Waals surface area contributed by atoms with Crippen molar-refractivity contribution in [3.8, 4) is 16.9 Å². The van der Waals surface area contributed by atoms with E-state index in [0.29, 0.717) is 19.1 Å². The fourth-order valence-corrected chi connectivity index (χ4v) is 4.37. The zero-order valence-electron chi connectivity index (χ0n) is 21.8. The van der Waals surface area contributed by atoms with Crippen LogP contribution in [0.2, 0.25) is 0 Å². The molecule has 3 rings (SSSR count). The third kappa shape index (κ3) is 8.14. The first-order valence-electron chi connectivity index (χ1n) is 13.0. The molecule has 0 N–H and O–H groups in total. The van der Waals surface area contributed by atoms with E-state index >= 15 is 0 Å². The van der Waals surface area contributed by atoms with Crippen LogP contribution >= 0.6 is 0 Å². The van der Waals surface area contributed by atoms with Gasteiger partial charge in [0.1, 0.15) is 12.4 Å².